The van der Waals surface area contributed by atoms with Crippen LogP contribution in [0, 0.1) is 6.92 Å². The molecule has 0 saturated heterocycles. The van der Waals surface area contributed by atoms with Crippen molar-refractivity contribution in [3.05, 3.63) is 59.7 Å². The quantitative estimate of drug-likeness (QED) is 0.628. The molecule has 0 unspecified atom stereocenters. The fourth-order valence-corrected chi connectivity index (χ4v) is 2.90. The van der Waals surface area contributed by atoms with Crippen molar-refractivity contribution in [2.45, 2.75) is 13.5 Å². The summed E-state index contributed by atoms with van der Waals surface area (Å²) in [6.07, 6.45) is 0. The molecule has 24 heavy (non-hydrogen) atoms. The molecule has 6 nitrogen and oxygen atoms in total. The van der Waals surface area contributed by atoms with Crippen molar-refractivity contribution >= 4 is 18.7 Å². The van der Waals surface area contributed by atoms with E-state index in [4.69, 9.17) is 4.52 Å². The van der Waals surface area contributed by atoms with Crippen LogP contribution in [0.4, 0.5) is 0 Å². The number of phosphoric acid groups is 1. The Kier molecular flexibility index (Phi) is 4.39. The van der Waals surface area contributed by atoms with Crippen LogP contribution in [0.1, 0.15) is 11.1 Å². The molecule has 0 fully saturated rings. The monoisotopic (exact) mass is 345 g/mol. The molecule has 124 valence electrons. The van der Waals surface area contributed by atoms with Crippen molar-refractivity contribution in [2.24, 2.45) is 0 Å². The maximum Gasteiger partial charge on any atom is 0.524 e. The fraction of sp³-hybridized carbons (Fsp3) is 0.118. The molecule has 3 rings (SSSR count). The Hall–Kier alpha value is -2.24. The predicted octanol–water partition coefficient (Wildman–Crippen LogP) is 3.17. The zero-order chi connectivity index (χ0) is 17.3. The molecule has 7 heteroatoms. The van der Waals surface area contributed by atoms with Gasteiger partial charge in [-0.1, -0.05) is 29.8 Å². The van der Waals surface area contributed by atoms with Crippen molar-refractivity contribution in [1.29, 1.82) is 0 Å². The second kappa shape index (κ2) is 6.34. The van der Waals surface area contributed by atoms with Gasteiger partial charge in [0.05, 0.1) is 17.8 Å². The van der Waals surface area contributed by atoms with Gasteiger partial charge in [0.15, 0.2) is 0 Å². The minimum absolute atomic E-state index is 0.0279. The number of aryl methyl sites for hydroxylation is 1. The fourth-order valence-electron chi connectivity index (χ4n) is 2.50. The number of aromatic nitrogens is 1. The van der Waals surface area contributed by atoms with Crippen molar-refractivity contribution < 1.29 is 24.0 Å². The summed E-state index contributed by atoms with van der Waals surface area (Å²) < 4.78 is 16.2. The Bertz CT molecular complexity index is 951. The van der Waals surface area contributed by atoms with E-state index in [9.17, 15) is 19.5 Å². The summed E-state index contributed by atoms with van der Waals surface area (Å²) in [5.74, 6) is 0.0279. The van der Waals surface area contributed by atoms with E-state index >= 15 is 0 Å². The normalized spacial score (nSPS) is 11.7. The van der Waals surface area contributed by atoms with Crippen LogP contribution in [0.2, 0.25) is 0 Å². The van der Waals surface area contributed by atoms with Gasteiger partial charge in [-0.3, -0.25) is 9.79 Å². The van der Waals surface area contributed by atoms with Gasteiger partial charge in [-0.2, -0.15) is 0 Å². The van der Waals surface area contributed by atoms with Gasteiger partial charge in [-0.25, -0.2) is 9.55 Å². The third-order valence-electron chi connectivity index (χ3n) is 3.55. The lowest BCUT2D eigenvalue weighted by molar-refractivity contribution is 0.282. The number of aliphatic hydroxyl groups is 1. The topological polar surface area (TPSA) is 99.9 Å². The molecule has 3 N–H and O–H groups in total. The van der Waals surface area contributed by atoms with Crippen LogP contribution in [-0.2, 0) is 11.2 Å². The van der Waals surface area contributed by atoms with Crippen LogP contribution in [0.25, 0.3) is 22.2 Å². The van der Waals surface area contributed by atoms with Gasteiger partial charge in [-0.15, -0.1) is 0 Å². The van der Waals surface area contributed by atoms with Gasteiger partial charge in [0.25, 0.3) is 0 Å². The van der Waals surface area contributed by atoms with Gasteiger partial charge < -0.3 is 9.63 Å². The van der Waals surface area contributed by atoms with Crippen LogP contribution in [0.3, 0.4) is 0 Å². The first-order chi connectivity index (χ1) is 11.4. The molecule has 0 aliphatic heterocycles. The number of hydrogen-bond donors (Lipinski definition) is 3. The maximum absolute atomic E-state index is 11.3. The number of benzene rings is 2. The van der Waals surface area contributed by atoms with Crippen molar-refractivity contribution in [1.82, 2.24) is 4.98 Å². The maximum atomic E-state index is 11.3. The highest BCUT2D eigenvalue weighted by atomic mass is 31.2. The average Bonchev–Trinajstić information content (AvgIpc) is 2.53. The summed E-state index contributed by atoms with van der Waals surface area (Å²) >= 11 is 0. The lowest BCUT2D eigenvalue weighted by atomic mass is 10.1. The molecule has 0 spiro atoms. The van der Waals surface area contributed by atoms with Crippen LogP contribution in [-0.4, -0.2) is 19.9 Å². The zero-order valence-electron chi connectivity index (χ0n) is 12.9. The summed E-state index contributed by atoms with van der Waals surface area (Å²) in [6, 6.07) is 14.1. The van der Waals surface area contributed by atoms with E-state index in [0.717, 1.165) is 11.1 Å². The lowest BCUT2D eigenvalue weighted by Gasteiger charge is -2.13. The summed E-state index contributed by atoms with van der Waals surface area (Å²) in [7, 11) is -4.73. The first-order valence-corrected chi connectivity index (χ1v) is 8.75. The molecule has 0 atom stereocenters. The lowest BCUT2D eigenvalue weighted by Crippen LogP contribution is -1.95. The molecule has 0 amide bonds. The smallest absolute Gasteiger partial charge is 0.403 e. The van der Waals surface area contributed by atoms with Gasteiger partial charge in [0, 0.05) is 17.0 Å². The molecule has 1 aromatic heterocycles. The van der Waals surface area contributed by atoms with Crippen LogP contribution in [0.5, 0.6) is 5.75 Å². The summed E-state index contributed by atoms with van der Waals surface area (Å²) in [5, 5.41) is 9.70. The van der Waals surface area contributed by atoms with E-state index in [1.165, 1.54) is 6.07 Å². The van der Waals surface area contributed by atoms with Crippen LogP contribution in [0.15, 0.2) is 48.5 Å². The van der Waals surface area contributed by atoms with E-state index in [0.29, 0.717) is 22.2 Å². The SMILES string of the molecule is Cc1cccc(-c2cc(OP(=O)(O)O)c3cc(CO)ccc3n2)c1. The Morgan fingerprint density at radius 2 is 1.92 bits per heavy atom. The Labute approximate surface area is 138 Å². The van der Waals surface area contributed by atoms with E-state index in [1.807, 2.05) is 31.2 Å². The number of phosphoric ester groups is 1. The van der Waals surface area contributed by atoms with Gasteiger partial charge >= 0.3 is 7.82 Å². The minimum Gasteiger partial charge on any atom is -0.403 e. The first-order valence-electron chi connectivity index (χ1n) is 7.22. The molecule has 0 saturated carbocycles. The zero-order valence-corrected chi connectivity index (χ0v) is 13.8. The summed E-state index contributed by atoms with van der Waals surface area (Å²) in [6.45, 7) is 1.76. The largest absolute Gasteiger partial charge is 0.524 e. The second-order valence-electron chi connectivity index (χ2n) is 5.47. The van der Waals surface area contributed by atoms with Crippen LogP contribution < -0.4 is 4.52 Å². The molecule has 0 aliphatic carbocycles. The number of nitrogens with zero attached hydrogens (tertiary/aromatic N) is 1. The second-order valence-corrected chi connectivity index (χ2v) is 6.63. The molecule has 0 bridgehead atoms. The highest BCUT2D eigenvalue weighted by Crippen LogP contribution is 2.42. The van der Waals surface area contributed by atoms with E-state index < -0.39 is 7.82 Å². The van der Waals surface area contributed by atoms with Crippen molar-refractivity contribution in [3.63, 3.8) is 0 Å². The third-order valence-corrected chi connectivity index (χ3v) is 3.98. The number of rotatable bonds is 4. The van der Waals surface area contributed by atoms with Crippen molar-refractivity contribution in [3.8, 4) is 17.0 Å². The third kappa shape index (κ3) is 3.63. The van der Waals surface area contributed by atoms with Gasteiger partial charge in [-0.05, 0) is 30.7 Å². The Morgan fingerprint density at radius 1 is 1.12 bits per heavy atom. The Balaban J connectivity index is 2.24. The van der Waals surface area contributed by atoms with Crippen LogP contribution >= 0.6 is 7.82 Å². The minimum atomic E-state index is -4.73. The number of aliphatic hydroxyl groups excluding tert-OH is 1. The molecule has 3 aromatic rings. The highest BCUT2D eigenvalue weighted by Gasteiger charge is 2.19. The number of fused-ring (bicyclic) bond motifs is 1. The molecule has 2 aromatic carbocycles. The van der Waals surface area contributed by atoms with Gasteiger partial charge in [0.2, 0.25) is 0 Å². The van der Waals surface area contributed by atoms with E-state index in [2.05, 4.69) is 4.98 Å². The first kappa shape index (κ1) is 16.6. The molecule has 0 radical (unpaired) electrons. The number of pyridine rings is 1. The summed E-state index contributed by atoms with van der Waals surface area (Å²) in [4.78, 5) is 22.9. The van der Waals surface area contributed by atoms with Gasteiger partial charge in [0.1, 0.15) is 5.75 Å². The predicted molar refractivity (Wildman–Crippen MR) is 90.5 cm³/mol. The van der Waals surface area contributed by atoms with E-state index in [-0.39, 0.29) is 12.4 Å². The molecular formula is C17H16NO5P. The average molecular weight is 345 g/mol. The molecule has 0 aliphatic rings. The Morgan fingerprint density at radius 3 is 2.58 bits per heavy atom. The molecular weight excluding hydrogens is 329 g/mol. The number of hydrogen-bond acceptors (Lipinski definition) is 4. The highest BCUT2D eigenvalue weighted by molar-refractivity contribution is 7.46. The summed E-state index contributed by atoms with van der Waals surface area (Å²) in [5.41, 5.74) is 3.53. The van der Waals surface area contributed by atoms with E-state index in [1.54, 1.807) is 18.2 Å². The standard InChI is InChI=1S/C17H16NO5P/c1-11-3-2-4-13(7-11)16-9-17(23-24(20,21)22)14-8-12(10-19)5-6-15(14)18-16/h2-9,19H,10H2,1H3,(H2,20,21,22). The van der Waals surface area contributed by atoms with Crippen molar-refractivity contribution in [2.75, 3.05) is 0 Å². The molecule has 1 heterocycles.